The predicted octanol–water partition coefficient (Wildman–Crippen LogP) is 9.77. The van der Waals surface area contributed by atoms with Gasteiger partial charge in [-0.3, -0.25) is 0 Å². The van der Waals surface area contributed by atoms with Crippen molar-refractivity contribution in [3.63, 3.8) is 0 Å². The van der Waals surface area contributed by atoms with Gasteiger partial charge in [0.05, 0.1) is 11.2 Å². The van der Waals surface area contributed by atoms with Crippen molar-refractivity contribution >= 4 is 54.4 Å². The molecule has 0 amide bonds. The average molecular weight is 472 g/mol. The van der Waals surface area contributed by atoms with Crippen LogP contribution in [0.25, 0.3) is 76.8 Å². The first-order valence-electron chi connectivity index (χ1n) is 12.6. The molecule has 2 heterocycles. The molecule has 2 heteroatoms. The van der Waals surface area contributed by atoms with Crippen LogP contribution in [-0.2, 0) is 0 Å². The minimum atomic E-state index is 0.913. The normalized spacial score (nSPS) is 11.8. The van der Waals surface area contributed by atoms with Crippen LogP contribution in [0.2, 0.25) is 0 Å². The smallest absolute Gasteiger partial charge is 0.143 e. The monoisotopic (exact) mass is 471 g/mol. The first-order chi connectivity index (χ1) is 18.3. The molecule has 2 aromatic heterocycles. The highest BCUT2D eigenvalue weighted by Gasteiger charge is 2.14. The lowest BCUT2D eigenvalue weighted by Gasteiger charge is -2.12. The second-order valence-electron chi connectivity index (χ2n) is 9.55. The van der Waals surface area contributed by atoms with Gasteiger partial charge in [-0.25, -0.2) is 4.98 Å². The molecule has 8 aromatic rings. The molecule has 0 atom stereocenters. The van der Waals surface area contributed by atoms with Crippen LogP contribution in [0.3, 0.4) is 0 Å². The molecule has 0 spiro atoms. The molecule has 0 fully saturated rings. The molecule has 2 nitrogen and oxygen atoms in total. The van der Waals surface area contributed by atoms with Crippen molar-refractivity contribution < 1.29 is 4.42 Å². The zero-order valence-electron chi connectivity index (χ0n) is 20.0. The van der Waals surface area contributed by atoms with Crippen LogP contribution >= 0.6 is 0 Å². The van der Waals surface area contributed by atoms with E-state index in [1.54, 1.807) is 0 Å². The maximum absolute atomic E-state index is 6.31. The van der Waals surface area contributed by atoms with Crippen molar-refractivity contribution in [1.82, 2.24) is 4.98 Å². The molecule has 37 heavy (non-hydrogen) atoms. The fourth-order valence-electron chi connectivity index (χ4n) is 5.74. The predicted molar refractivity (Wildman–Crippen MR) is 155 cm³/mol. The molecular weight excluding hydrogens is 450 g/mol. The number of fused-ring (bicyclic) bond motifs is 9. The summed E-state index contributed by atoms with van der Waals surface area (Å²) < 4.78 is 6.31. The third-order valence-electron chi connectivity index (χ3n) is 7.46. The maximum atomic E-state index is 6.31. The Morgan fingerprint density at radius 2 is 1.03 bits per heavy atom. The molecule has 0 saturated carbocycles. The Labute approximate surface area is 213 Å². The Kier molecular flexibility index (Phi) is 4.26. The molecule has 0 aliphatic carbocycles. The van der Waals surface area contributed by atoms with Gasteiger partial charge in [-0.15, -0.1) is 0 Å². The standard InChI is InChI=1S/C35H21NO/c1-2-13-27-25(11-1)26-12-3-4-15-29(26)34-30(27)19-20-32(36-34)23-10-7-9-22(21-23)24-16-8-17-31-28-14-5-6-18-33(28)37-35(24)31/h1-21H. The highest BCUT2D eigenvalue weighted by molar-refractivity contribution is 6.24. The lowest BCUT2D eigenvalue weighted by Crippen LogP contribution is -1.90. The average Bonchev–Trinajstić information content (AvgIpc) is 3.36. The SMILES string of the molecule is c1cc(-c2ccc3c4ccccc4c4ccccc4c3n2)cc(-c2cccc3c2oc2ccccc23)c1. The lowest BCUT2D eigenvalue weighted by molar-refractivity contribution is 0.670. The van der Waals surface area contributed by atoms with Crippen LogP contribution in [0.4, 0.5) is 0 Å². The van der Waals surface area contributed by atoms with Gasteiger partial charge < -0.3 is 4.42 Å². The summed E-state index contributed by atoms with van der Waals surface area (Å²) in [6.45, 7) is 0. The third kappa shape index (κ3) is 3.03. The van der Waals surface area contributed by atoms with E-state index in [1.165, 1.54) is 26.9 Å². The van der Waals surface area contributed by atoms with E-state index >= 15 is 0 Å². The lowest BCUT2D eigenvalue weighted by atomic mass is 9.96. The topological polar surface area (TPSA) is 26.0 Å². The highest BCUT2D eigenvalue weighted by atomic mass is 16.3. The largest absolute Gasteiger partial charge is 0.455 e. The van der Waals surface area contributed by atoms with Gasteiger partial charge in [0, 0.05) is 32.7 Å². The Balaban J connectivity index is 1.34. The number of nitrogens with zero attached hydrogens (tertiary/aromatic N) is 1. The molecular formula is C35H21NO. The van der Waals surface area contributed by atoms with Gasteiger partial charge in [0.15, 0.2) is 0 Å². The number of hydrogen-bond donors (Lipinski definition) is 0. The fourth-order valence-corrected chi connectivity index (χ4v) is 5.74. The van der Waals surface area contributed by atoms with Gasteiger partial charge in [-0.2, -0.15) is 0 Å². The molecule has 0 unspecified atom stereocenters. The third-order valence-corrected chi connectivity index (χ3v) is 7.46. The van der Waals surface area contributed by atoms with Crippen molar-refractivity contribution in [2.45, 2.75) is 0 Å². The van der Waals surface area contributed by atoms with Crippen LogP contribution in [0.15, 0.2) is 132 Å². The van der Waals surface area contributed by atoms with Gasteiger partial charge in [0.1, 0.15) is 11.2 Å². The molecule has 0 bridgehead atoms. The highest BCUT2D eigenvalue weighted by Crippen LogP contribution is 2.38. The van der Waals surface area contributed by atoms with Crippen molar-refractivity contribution in [1.29, 1.82) is 0 Å². The van der Waals surface area contributed by atoms with E-state index in [-0.39, 0.29) is 0 Å². The summed E-state index contributed by atoms with van der Waals surface area (Å²) in [5.41, 5.74) is 7.13. The summed E-state index contributed by atoms with van der Waals surface area (Å²) in [6, 6.07) is 44.8. The van der Waals surface area contributed by atoms with Gasteiger partial charge >= 0.3 is 0 Å². The van der Waals surface area contributed by atoms with E-state index in [0.717, 1.165) is 49.8 Å². The first kappa shape index (κ1) is 20.3. The number of para-hydroxylation sites is 2. The Morgan fingerprint density at radius 1 is 0.432 bits per heavy atom. The Hall–Kier alpha value is -4.95. The zero-order valence-corrected chi connectivity index (χ0v) is 20.0. The second kappa shape index (κ2) is 7.78. The number of hydrogen-bond acceptors (Lipinski definition) is 2. The van der Waals surface area contributed by atoms with Gasteiger partial charge in [0.25, 0.3) is 0 Å². The number of benzene rings is 6. The summed E-state index contributed by atoms with van der Waals surface area (Å²) in [6.07, 6.45) is 0. The van der Waals surface area contributed by atoms with Crippen LogP contribution in [0.1, 0.15) is 0 Å². The fraction of sp³-hybridized carbons (Fsp3) is 0. The Bertz CT molecular complexity index is 2120. The Morgan fingerprint density at radius 3 is 1.84 bits per heavy atom. The quantitative estimate of drug-likeness (QED) is 0.235. The molecule has 0 saturated heterocycles. The number of furan rings is 1. The molecule has 8 rings (SSSR count). The van der Waals surface area contributed by atoms with Crippen molar-refractivity contribution in [2.75, 3.05) is 0 Å². The first-order valence-corrected chi connectivity index (χ1v) is 12.6. The van der Waals surface area contributed by atoms with Gasteiger partial charge in [0.2, 0.25) is 0 Å². The van der Waals surface area contributed by atoms with Crippen LogP contribution < -0.4 is 0 Å². The van der Waals surface area contributed by atoms with E-state index < -0.39 is 0 Å². The summed E-state index contributed by atoms with van der Waals surface area (Å²) in [7, 11) is 0. The zero-order chi connectivity index (χ0) is 24.3. The van der Waals surface area contributed by atoms with E-state index in [0.29, 0.717) is 0 Å². The minimum absolute atomic E-state index is 0.913. The molecule has 172 valence electrons. The minimum Gasteiger partial charge on any atom is -0.455 e. The van der Waals surface area contributed by atoms with Crippen molar-refractivity contribution in [3.8, 4) is 22.4 Å². The van der Waals surface area contributed by atoms with Crippen molar-refractivity contribution in [2.24, 2.45) is 0 Å². The van der Waals surface area contributed by atoms with Gasteiger partial charge in [-0.05, 0) is 46.0 Å². The van der Waals surface area contributed by atoms with Crippen LogP contribution in [-0.4, -0.2) is 4.98 Å². The maximum Gasteiger partial charge on any atom is 0.143 e. The molecule has 0 aliphatic heterocycles. The van der Waals surface area contributed by atoms with E-state index in [9.17, 15) is 0 Å². The number of rotatable bonds is 2. The molecule has 0 N–H and O–H groups in total. The number of pyridine rings is 1. The van der Waals surface area contributed by atoms with E-state index in [2.05, 4.69) is 115 Å². The van der Waals surface area contributed by atoms with Gasteiger partial charge in [-0.1, -0.05) is 103 Å². The molecule has 6 aromatic carbocycles. The molecule has 0 radical (unpaired) electrons. The summed E-state index contributed by atoms with van der Waals surface area (Å²) in [5, 5.41) is 8.39. The summed E-state index contributed by atoms with van der Waals surface area (Å²) in [5.74, 6) is 0. The molecule has 0 aliphatic rings. The van der Waals surface area contributed by atoms with Crippen LogP contribution in [0.5, 0.6) is 0 Å². The van der Waals surface area contributed by atoms with E-state index in [4.69, 9.17) is 9.40 Å². The van der Waals surface area contributed by atoms with E-state index in [1.807, 2.05) is 12.1 Å². The number of aromatic nitrogens is 1. The second-order valence-corrected chi connectivity index (χ2v) is 9.55. The van der Waals surface area contributed by atoms with Crippen molar-refractivity contribution in [3.05, 3.63) is 127 Å². The summed E-state index contributed by atoms with van der Waals surface area (Å²) >= 11 is 0. The summed E-state index contributed by atoms with van der Waals surface area (Å²) in [4.78, 5) is 5.23. The van der Waals surface area contributed by atoms with Crippen LogP contribution in [0, 0.1) is 0 Å².